The first-order chi connectivity index (χ1) is 6.84. The molecule has 0 fully saturated rings. The van der Waals surface area contributed by atoms with E-state index in [1.54, 1.807) is 0 Å². The van der Waals surface area contributed by atoms with Crippen molar-refractivity contribution in [2.45, 2.75) is 41.5 Å². The minimum Gasteiger partial charge on any atom is -0.375 e. The first-order valence-electron chi connectivity index (χ1n) is 5.84. The lowest BCUT2D eigenvalue weighted by Gasteiger charge is -2.46. The number of nitrogens with zero attached hydrogens (tertiary/aromatic N) is 1. The average Bonchev–Trinajstić information content (AvgIpc) is 2.15. The van der Waals surface area contributed by atoms with Gasteiger partial charge in [-0.3, -0.25) is 0 Å². The van der Waals surface area contributed by atoms with Gasteiger partial charge in [-0.25, -0.2) is 0 Å². The molecule has 0 spiro atoms. The van der Waals surface area contributed by atoms with Crippen LogP contribution in [0.4, 0.5) is 0 Å². The lowest BCUT2D eigenvalue weighted by atomic mass is 9.67. The summed E-state index contributed by atoms with van der Waals surface area (Å²) in [6, 6.07) is 0. The number of hydrogen-bond acceptors (Lipinski definition) is 2. The van der Waals surface area contributed by atoms with Crippen LogP contribution in [-0.4, -0.2) is 22.9 Å². The molecule has 1 unspecified atom stereocenters. The molecule has 2 heteroatoms. The fourth-order valence-electron chi connectivity index (χ4n) is 2.39. The lowest BCUT2D eigenvalue weighted by molar-refractivity contribution is 0.253. The highest BCUT2D eigenvalue weighted by Gasteiger charge is 2.42. The first kappa shape index (κ1) is 12.7. The van der Waals surface area contributed by atoms with E-state index in [2.05, 4.69) is 46.4 Å². The summed E-state index contributed by atoms with van der Waals surface area (Å²) in [5.41, 5.74) is 3.08. The molecule has 1 atom stereocenters. The third kappa shape index (κ3) is 2.10. The van der Waals surface area contributed by atoms with Crippen LogP contribution in [0, 0.1) is 11.3 Å². The van der Waals surface area contributed by atoms with Gasteiger partial charge in [-0.1, -0.05) is 33.0 Å². The van der Waals surface area contributed by atoms with Gasteiger partial charge in [0.1, 0.15) is 0 Å². The van der Waals surface area contributed by atoms with Crippen LogP contribution in [-0.2, 0) is 0 Å². The molecule has 15 heavy (non-hydrogen) atoms. The van der Waals surface area contributed by atoms with Gasteiger partial charge in [0.25, 0.3) is 0 Å². The third-order valence-corrected chi connectivity index (χ3v) is 3.80. The predicted molar refractivity (Wildman–Crippen MR) is 71.2 cm³/mol. The summed E-state index contributed by atoms with van der Waals surface area (Å²) in [4.78, 5) is 3.62. The maximum atomic E-state index is 5.48. The van der Waals surface area contributed by atoms with Crippen LogP contribution in [0.2, 0.25) is 0 Å². The van der Waals surface area contributed by atoms with E-state index in [4.69, 9.17) is 12.2 Å². The van der Waals surface area contributed by atoms with Gasteiger partial charge >= 0.3 is 0 Å². The van der Waals surface area contributed by atoms with E-state index in [0.29, 0.717) is 5.92 Å². The highest BCUT2D eigenvalue weighted by Crippen LogP contribution is 2.45. The van der Waals surface area contributed by atoms with Crippen molar-refractivity contribution in [1.82, 2.24) is 4.90 Å². The molecule has 0 radical (unpaired) electrons. The summed E-state index contributed by atoms with van der Waals surface area (Å²) in [6.45, 7) is 15.6. The van der Waals surface area contributed by atoms with Crippen molar-refractivity contribution in [3.8, 4) is 0 Å². The van der Waals surface area contributed by atoms with Gasteiger partial charge in [0, 0.05) is 29.6 Å². The average molecular weight is 225 g/mol. The van der Waals surface area contributed by atoms with E-state index in [1.807, 2.05) is 0 Å². The van der Waals surface area contributed by atoms with Crippen molar-refractivity contribution in [3.05, 3.63) is 11.3 Å². The summed E-state index contributed by atoms with van der Waals surface area (Å²) in [5, 5.41) is 0. The van der Waals surface area contributed by atoms with Crippen LogP contribution in [0.5, 0.6) is 0 Å². The van der Waals surface area contributed by atoms with Crippen molar-refractivity contribution >= 4 is 17.1 Å². The third-order valence-electron chi connectivity index (χ3n) is 3.26. The number of rotatable bonds is 3. The predicted octanol–water partition coefficient (Wildman–Crippen LogP) is 3.65. The SMILES string of the molecule is CCN(CC)C1=C(C)C(=S)C1C(C)(C)C. The van der Waals surface area contributed by atoms with E-state index >= 15 is 0 Å². The Morgan fingerprint density at radius 2 is 1.67 bits per heavy atom. The van der Waals surface area contributed by atoms with Crippen molar-refractivity contribution in [2.24, 2.45) is 11.3 Å². The lowest BCUT2D eigenvalue weighted by Crippen LogP contribution is -2.45. The van der Waals surface area contributed by atoms with Gasteiger partial charge in [-0.05, 0) is 31.8 Å². The summed E-state index contributed by atoms with van der Waals surface area (Å²) < 4.78 is 0. The van der Waals surface area contributed by atoms with Gasteiger partial charge in [0.15, 0.2) is 0 Å². The quantitative estimate of drug-likeness (QED) is 0.675. The minimum absolute atomic E-state index is 0.258. The number of thiocarbonyl (C=S) groups is 1. The van der Waals surface area contributed by atoms with E-state index in [1.165, 1.54) is 16.1 Å². The monoisotopic (exact) mass is 225 g/mol. The molecule has 0 heterocycles. The Morgan fingerprint density at radius 3 is 2.00 bits per heavy atom. The minimum atomic E-state index is 0.258. The summed E-state index contributed by atoms with van der Waals surface area (Å²) in [5.74, 6) is 0.479. The zero-order valence-corrected chi connectivity index (χ0v) is 11.7. The van der Waals surface area contributed by atoms with Crippen molar-refractivity contribution < 1.29 is 0 Å². The summed E-state index contributed by atoms with van der Waals surface area (Å²) in [6.07, 6.45) is 0. The molecule has 0 aromatic rings. The molecule has 0 aromatic carbocycles. The molecule has 1 nitrogen and oxygen atoms in total. The Kier molecular flexibility index (Phi) is 3.59. The molecule has 0 amide bonds. The Morgan fingerprint density at radius 1 is 1.20 bits per heavy atom. The zero-order valence-electron chi connectivity index (χ0n) is 10.8. The maximum Gasteiger partial charge on any atom is 0.0396 e. The second-order valence-electron chi connectivity index (χ2n) is 5.35. The fraction of sp³-hybridized carbons (Fsp3) is 0.769. The van der Waals surface area contributed by atoms with Gasteiger partial charge in [-0.2, -0.15) is 0 Å². The molecule has 1 aliphatic rings. The second kappa shape index (κ2) is 4.25. The van der Waals surface area contributed by atoms with Crippen LogP contribution >= 0.6 is 12.2 Å². The molecule has 0 saturated carbocycles. The summed E-state index contributed by atoms with van der Waals surface area (Å²) in [7, 11) is 0. The van der Waals surface area contributed by atoms with E-state index < -0.39 is 0 Å². The molecule has 86 valence electrons. The fourth-order valence-corrected chi connectivity index (χ4v) is 2.96. The molecule has 0 aliphatic heterocycles. The van der Waals surface area contributed by atoms with Crippen LogP contribution in [0.15, 0.2) is 11.3 Å². The van der Waals surface area contributed by atoms with Gasteiger partial charge < -0.3 is 4.90 Å². The molecule has 0 aromatic heterocycles. The van der Waals surface area contributed by atoms with Crippen LogP contribution in [0.3, 0.4) is 0 Å². The van der Waals surface area contributed by atoms with Crippen LogP contribution in [0.25, 0.3) is 0 Å². The molecule has 1 aliphatic carbocycles. The largest absolute Gasteiger partial charge is 0.375 e. The highest BCUT2D eigenvalue weighted by molar-refractivity contribution is 7.81. The van der Waals surface area contributed by atoms with Gasteiger partial charge in [0.05, 0.1) is 0 Å². The number of hydrogen-bond donors (Lipinski definition) is 0. The Balaban J connectivity index is 3.01. The van der Waals surface area contributed by atoms with Crippen molar-refractivity contribution in [2.75, 3.05) is 13.1 Å². The van der Waals surface area contributed by atoms with Crippen molar-refractivity contribution in [3.63, 3.8) is 0 Å². The number of allylic oxidation sites excluding steroid dienone is 2. The highest BCUT2D eigenvalue weighted by atomic mass is 32.1. The molecule has 0 saturated heterocycles. The molecule has 1 rings (SSSR count). The standard InChI is InChI=1S/C13H23NS/c1-7-14(8-2)11-9(3)12(15)10(11)13(4,5)6/h10H,7-8H2,1-6H3. The Bertz CT molecular complexity index is 292. The molecule has 0 bridgehead atoms. The van der Waals surface area contributed by atoms with E-state index in [9.17, 15) is 0 Å². The molecular weight excluding hydrogens is 202 g/mol. The van der Waals surface area contributed by atoms with Crippen LogP contribution in [0.1, 0.15) is 41.5 Å². The Hall–Kier alpha value is -0.370. The van der Waals surface area contributed by atoms with E-state index in [0.717, 1.165) is 13.1 Å². The maximum absolute atomic E-state index is 5.48. The zero-order chi connectivity index (χ0) is 11.8. The van der Waals surface area contributed by atoms with Crippen molar-refractivity contribution in [1.29, 1.82) is 0 Å². The first-order valence-corrected chi connectivity index (χ1v) is 6.25. The second-order valence-corrected chi connectivity index (χ2v) is 5.79. The topological polar surface area (TPSA) is 3.24 Å². The van der Waals surface area contributed by atoms with Gasteiger partial charge in [0.2, 0.25) is 0 Å². The Labute approximate surface area is 99.5 Å². The van der Waals surface area contributed by atoms with Gasteiger partial charge in [-0.15, -0.1) is 0 Å². The smallest absolute Gasteiger partial charge is 0.0396 e. The molecular formula is C13H23NS. The normalized spacial score (nSPS) is 21.7. The van der Waals surface area contributed by atoms with Crippen LogP contribution < -0.4 is 0 Å². The molecule has 0 N–H and O–H groups in total. The van der Waals surface area contributed by atoms with E-state index in [-0.39, 0.29) is 5.41 Å². The summed E-state index contributed by atoms with van der Waals surface area (Å²) >= 11 is 5.48.